The molecule has 1 aliphatic heterocycles. The fourth-order valence-electron chi connectivity index (χ4n) is 1.60. The lowest BCUT2D eigenvalue weighted by Gasteiger charge is -2.30. The number of hydrogen-bond acceptors (Lipinski definition) is 2. The molecule has 0 radical (unpaired) electrons. The maximum atomic E-state index is 11.6. The van der Waals surface area contributed by atoms with Gasteiger partial charge < -0.3 is 9.64 Å². The topological polar surface area (TPSA) is 29.5 Å². The van der Waals surface area contributed by atoms with Crippen molar-refractivity contribution in [1.29, 1.82) is 0 Å². The van der Waals surface area contributed by atoms with E-state index in [9.17, 15) is 4.79 Å². The summed E-state index contributed by atoms with van der Waals surface area (Å²) in [5.41, 5.74) is 1.05. The number of hydrogen-bond donors (Lipinski definition) is 0. The van der Waals surface area contributed by atoms with E-state index in [0.29, 0.717) is 6.42 Å². The Morgan fingerprint density at radius 2 is 2.00 bits per heavy atom. The van der Waals surface area contributed by atoms with E-state index in [1.165, 1.54) is 0 Å². The molecule has 2 rings (SSSR count). The molecule has 80 valence electrons. The number of nitrogens with zero attached hydrogens (tertiary/aromatic N) is 1. The number of benzene rings is 1. The molecule has 0 bridgehead atoms. The number of methoxy groups -OCH3 is 1. The van der Waals surface area contributed by atoms with Crippen LogP contribution >= 0.6 is 0 Å². The summed E-state index contributed by atoms with van der Waals surface area (Å²) in [5.74, 6) is 1.06. The second kappa shape index (κ2) is 4.34. The fourth-order valence-corrected chi connectivity index (χ4v) is 1.60. The molecule has 3 nitrogen and oxygen atoms in total. The molecule has 0 aromatic heterocycles. The summed E-state index contributed by atoms with van der Waals surface area (Å²) in [6.07, 6.45) is 1.65. The van der Waals surface area contributed by atoms with Crippen molar-refractivity contribution in [2.75, 3.05) is 20.2 Å². The van der Waals surface area contributed by atoms with Crippen LogP contribution < -0.4 is 4.74 Å². The van der Waals surface area contributed by atoms with Crippen LogP contribution in [0.3, 0.4) is 0 Å². The molecular weight excluding hydrogens is 190 g/mol. The maximum Gasteiger partial charge on any atom is 0.226 e. The molecule has 0 N–H and O–H groups in total. The molecule has 0 aliphatic carbocycles. The Hall–Kier alpha value is -1.51. The van der Waals surface area contributed by atoms with E-state index in [1.807, 2.05) is 29.2 Å². The van der Waals surface area contributed by atoms with Gasteiger partial charge in [-0.2, -0.15) is 0 Å². The van der Waals surface area contributed by atoms with Crippen molar-refractivity contribution in [3.8, 4) is 5.75 Å². The van der Waals surface area contributed by atoms with Crippen LogP contribution in [-0.2, 0) is 11.2 Å². The minimum atomic E-state index is 0.228. The molecule has 1 saturated heterocycles. The standard InChI is InChI=1S/C12H15NO2/c1-15-11-5-3-10(4-6-11)9-12(14)13-7-2-8-13/h3-6H,2,7-9H2,1H3. The first kappa shape index (κ1) is 10.0. The number of likely N-dealkylation sites (tertiary alicyclic amines) is 1. The normalized spacial score (nSPS) is 14.6. The van der Waals surface area contributed by atoms with E-state index >= 15 is 0 Å². The van der Waals surface area contributed by atoms with Gasteiger partial charge in [-0.15, -0.1) is 0 Å². The van der Waals surface area contributed by atoms with Gasteiger partial charge in [-0.05, 0) is 24.1 Å². The molecule has 3 heteroatoms. The first-order valence-electron chi connectivity index (χ1n) is 5.20. The van der Waals surface area contributed by atoms with Gasteiger partial charge in [0, 0.05) is 13.1 Å². The van der Waals surface area contributed by atoms with Gasteiger partial charge in [0.25, 0.3) is 0 Å². The van der Waals surface area contributed by atoms with E-state index < -0.39 is 0 Å². The lowest BCUT2D eigenvalue weighted by Crippen LogP contribution is -2.42. The zero-order valence-electron chi connectivity index (χ0n) is 8.90. The predicted octanol–water partition coefficient (Wildman–Crippen LogP) is 1.47. The largest absolute Gasteiger partial charge is 0.497 e. The molecule has 0 spiro atoms. The maximum absolute atomic E-state index is 11.6. The molecule has 0 unspecified atom stereocenters. The third kappa shape index (κ3) is 2.29. The van der Waals surface area contributed by atoms with Crippen molar-refractivity contribution in [2.45, 2.75) is 12.8 Å². The smallest absolute Gasteiger partial charge is 0.226 e. The highest BCUT2D eigenvalue weighted by Crippen LogP contribution is 2.14. The summed E-state index contributed by atoms with van der Waals surface area (Å²) >= 11 is 0. The second-order valence-electron chi connectivity index (χ2n) is 3.76. The third-order valence-corrected chi connectivity index (χ3v) is 2.72. The molecule has 1 heterocycles. The van der Waals surface area contributed by atoms with Crippen molar-refractivity contribution < 1.29 is 9.53 Å². The summed E-state index contributed by atoms with van der Waals surface area (Å²) in [6, 6.07) is 7.66. The molecule has 15 heavy (non-hydrogen) atoms. The summed E-state index contributed by atoms with van der Waals surface area (Å²) in [4.78, 5) is 13.5. The van der Waals surface area contributed by atoms with Crippen LogP contribution in [-0.4, -0.2) is 31.0 Å². The molecular formula is C12H15NO2. The van der Waals surface area contributed by atoms with Crippen molar-refractivity contribution >= 4 is 5.91 Å². The zero-order chi connectivity index (χ0) is 10.7. The number of rotatable bonds is 3. The Labute approximate surface area is 89.7 Å². The van der Waals surface area contributed by atoms with Crippen LogP contribution in [0, 0.1) is 0 Å². The SMILES string of the molecule is COc1ccc(CC(=O)N2CCC2)cc1. The molecule has 1 aromatic carbocycles. The average Bonchev–Trinajstić information content (AvgIpc) is 2.16. The first-order valence-corrected chi connectivity index (χ1v) is 5.20. The number of amides is 1. The van der Waals surface area contributed by atoms with Crippen LogP contribution in [0.5, 0.6) is 5.75 Å². The Morgan fingerprint density at radius 1 is 1.33 bits per heavy atom. The molecule has 1 fully saturated rings. The molecule has 1 amide bonds. The van der Waals surface area contributed by atoms with Gasteiger partial charge in [0.1, 0.15) is 5.75 Å². The first-order chi connectivity index (χ1) is 7.29. The van der Waals surface area contributed by atoms with Crippen molar-refractivity contribution in [3.05, 3.63) is 29.8 Å². The van der Waals surface area contributed by atoms with E-state index in [1.54, 1.807) is 7.11 Å². The molecule has 0 atom stereocenters. The second-order valence-corrected chi connectivity index (χ2v) is 3.76. The minimum absolute atomic E-state index is 0.228. The number of ether oxygens (including phenoxy) is 1. The molecule has 0 saturated carbocycles. The highest BCUT2D eigenvalue weighted by molar-refractivity contribution is 5.79. The van der Waals surface area contributed by atoms with E-state index in [0.717, 1.165) is 30.8 Å². The van der Waals surface area contributed by atoms with Crippen LogP contribution in [0.15, 0.2) is 24.3 Å². The van der Waals surface area contributed by atoms with Crippen molar-refractivity contribution in [1.82, 2.24) is 4.90 Å². The molecule has 1 aromatic rings. The van der Waals surface area contributed by atoms with Crippen LogP contribution in [0.4, 0.5) is 0 Å². The summed E-state index contributed by atoms with van der Waals surface area (Å²) in [6.45, 7) is 1.85. The summed E-state index contributed by atoms with van der Waals surface area (Å²) in [5, 5.41) is 0. The van der Waals surface area contributed by atoms with Crippen LogP contribution in [0.1, 0.15) is 12.0 Å². The van der Waals surface area contributed by atoms with Crippen molar-refractivity contribution in [3.63, 3.8) is 0 Å². The summed E-state index contributed by atoms with van der Waals surface area (Å²) in [7, 11) is 1.64. The Bertz CT molecular complexity index is 341. The Kier molecular flexibility index (Phi) is 2.90. The van der Waals surface area contributed by atoms with Crippen LogP contribution in [0.2, 0.25) is 0 Å². The van der Waals surface area contributed by atoms with Gasteiger partial charge in [-0.25, -0.2) is 0 Å². The lowest BCUT2D eigenvalue weighted by molar-refractivity contribution is -0.133. The monoisotopic (exact) mass is 205 g/mol. The Morgan fingerprint density at radius 3 is 2.47 bits per heavy atom. The molecule has 1 aliphatic rings. The van der Waals surface area contributed by atoms with E-state index in [2.05, 4.69) is 0 Å². The van der Waals surface area contributed by atoms with Crippen molar-refractivity contribution in [2.24, 2.45) is 0 Å². The highest BCUT2D eigenvalue weighted by Gasteiger charge is 2.19. The van der Waals surface area contributed by atoms with E-state index in [4.69, 9.17) is 4.74 Å². The minimum Gasteiger partial charge on any atom is -0.497 e. The number of carbonyl (C=O) groups excluding carboxylic acids is 1. The highest BCUT2D eigenvalue weighted by atomic mass is 16.5. The van der Waals surface area contributed by atoms with E-state index in [-0.39, 0.29) is 5.91 Å². The zero-order valence-corrected chi connectivity index (χ0v) is 8.90. The van der Waals surface area contributed by atoms with Gasteiger partial charge in [-0.1, -0.05) is 12.1 Å². The van der Waals surface area contributed by atoms with Gasteiger partial charge in [0.15, 0.2) is 0 Å². The fraction of sp³-hybridized carbons (Fsp3) is 0.417. The van der Waals surface area contributed by atoms with Crippen LogP contribution in [0.25, 0.3) is 0 Å². The Balaban J connectivity index is 1.94. The predicted molar refractivity (Wildman–Crippen MR) is 57.9 cm³/mol. The van der Waals surface area contributed by atoms with Gasteiger partial charge >= 0.3 is 0 Å². The summed E-state index contributed by atoms with van der Waals surface area (Å²) < 4.78 is 5.06. The lowest BCUT2D eigenvalue weighted by atomic mass is 10.1. The van der Waals surface area contributed by atoms with Gasteiger partial charge in [0.05, 0.1) is 13.5 Å². The third-order valence-electron chi connectivity index (χ3n) is 2.72. The quantitative estimate of drug-likeness (QED) is 0.747. The van der Waals surface area contributed by atoms with Gasteiger partial charge in [0.2, 0.25) is 5.91 Å². The number of carbonyl (C=O) groups is 1. The average molecular weight is 205 g/mol. The van der Waals surface area contributed by atoms with Gasteiger partial charge in [-0.3, -0.25) is 4.79 Å².